The Hall–Kier alpha value is -0.850. The minimum absolute atomic E-state index is 0.528. The summed E-state index contributed by atoms with van der Waals surface area (Å²) < 4.78 is 10.4. The highest BCUT2D eigenvalue weighted by Gasteiger charge is 2.21. The van der Waals surface area contributed by atoms with Crippen molar-refractivity contribution >= 4 is 5.96 Å². The van der Waals surface area contributed by atoms with Crippen molar-refractivity contribution in [1.29, 1.82) is 0 Å². The fourth-order valence-corrected chi connectivity index (χ4v) is 2.68. The van der Waals surface area contributed by atoms with Gasteiger partial charge in [-0.3, -0.25) is 4.99 Å². The average Bonchev–Trinajstić information content (AvgIpc) is 2.54. The molecular formula is C17H36N4O2. The maximum absolute atomic E-state index is 5.46. The van der Waals surface area contributed by atoms with Gasteiger partial charge < -0.3 is 25.0 Å². The second-order valence-electron chi connectivity index (χ2n) is 6.27. The summed E-state index contributed by atoms with van der Waals surface area (Å²) in [5.41, 5.74) is 0. The molecule has 1 aliphatic rings. The molecule has 1 heterocycles. The summed E-state index contributed by atoms with van der Waals surface area (Å²) in [7, 11) is 1.69. The van der Waals surface area contributed by atoms with E-state index in [2.05, 4.69) is 41.3 Å². The first-order chi connectivity index (χ1) is 11.2. The number of aliphatic imine (C=N–C) groups is 1. The minimum atomic E-state index is 0.528. The van der Waals surface area contributed by atoms with Gasteiger partial charge in [0.05, 0.1) is 13.2 Å². The average molecular weight is 329 g/mol. The smallest absolute Gasteiger partial charge is 0.191 e. The number of guanidine groups is 1. The van der Waals surface area contributed by atoms with Gasteiger partial charge in [-0.1, -0.05) is 0 Å². The van der Waals surface area contributed by atoms with E-state index in [1.54, 1.807) is 7.11 Å². The summed E-state index contributed by atoms with van der Waals surface area (Å²) in [4.78, 5) is 7.19. The topological polar surface area (TPSA) is 58.1 Å². The maximum Gasteiger partial charge on any atom is 0.191 e. The van der Waals surface area contributed by atoms with E-state index in [1.165, 1.54) is 25.9 Å². The minimum Gasteiger partial charge on any atom is -0.382 e. The Morgan fingerprint density at radius 3 is 2.57 bits per heavy atom. The number of piperidine rings is 1. The SMILES string of the molecule is CCNC(=NCCCOCCOC)NC1CCN(C(C)C)CC1. The molecule has 0 atom stereocenters. The molecule has 0 amide bonds. The van der Waals surface area contributed by atoms with Gasteiger partial charge in [0.15, 0.2) is 5.96 Å². The van der Waals surface area contributed by atoms with Crippen molar-refractivity contribution in [3.63, 3.8) is 0 Å². The summed E-state index contributed by atoms with van der Waals surface area (Å²) in [6.07, 6.45) is 3.30. The third-order valence-corrected chi connectivity index (χ3v) is 4.09. The van der Waals surface area contributed by atoms with Crippen molar-refractivity contribution in [3.8, 4) is 0 Å². The first-order valence-corrected chi connectivity index (χ1v) is 9.03. The largest absolute Gasteiger partial charge is 0.382 e. The molecule has 136 valence electrons. The van der Waals surface area contributed by atoms with E-state index < -0.39 is 0 Å². The molecular weight excluding hydrogens is 292 g/mol. The van der Waals surface area contributed by atoms with Crippen LogP contribution in [0.25, 0.3) is 0 Å². The monoisotopic (exact) mass is 328 g/mol. The van der Waals surface area contributed by atoms with Crippen molar-refractivity contribution in [2.24, 2.45) is 4.99 Å². The van der Waals surface area contributed by atoms with Crippen LogP contribution in [0.2, 0.25) is 0 Å². The Morgan fingerprint density at radius 1 is 1.22 bits per heavy atom. The van der Waals surface area contributed by atoms with E-state index in [0.29, 0.717) is 25.3 Å². The number of hydrogen-bond acceptors (Lipinski definition) is 4. The number of nitrogens with zero attached hydrogens (tertiary/aromatic N) is 2. The normalized spacial score (nSPS) is 17.7. The molecule has 23 heavy (non-hydrogen) atoms. The van der Waals surface area contributed by atoms with Crippen LogP contribution >= 0.6 is 0 Å². The Morgan fingerprint density at radius 2 is 1.96 bits per heavy atom. The van der Waals surface area contributed by atoms with E-state index in [1.807, 2.05) is 0 Å². The molecule has 1 fully saturated rings. The lowest BCUT2D eigenvalue weighted by Crippen LogP contribution is -2.49. The predicted octanol–water partition coefficient (Wildman–Crippen LogP) is 1.47. The molecule has 0 aromatic rings. The van der Waals surface area contributed by atoms with Crippen molar-refractivity contribution in [2.45, 2.75) is 52.1 Å². The Kier molecular flexibility index (Phi) is 11.0. The summed E-state index contributed by atoms with van der Waals surface area (Å²) in [5.74, 6) is 0.937. The number of nitrogens with one attached hydrogen (secondary N) is 2. The Bertz CT molecular complexity index is 316. The van der Waals surface area contributed by atoms with Gasteiger partial charge in [-0.05, 0) is 40.0 Å². The van der Waals surface area contributed by atoms with Crippen LogP contribution < -0.4 is 10.6 Å². The molecule has 1 rings (SSSR count). The number of ether oxygens (including phenoxy) is 2. The molecule has 0 spiro atoms. The van der Waals surface area contributed by atoms with E-state index in [0.717, 1.165) is 32.1 Å². The molecule has 2 N–H and O–H groups in total. The van der Waals surface area contributed by atoms with E-state index in [4.69, 9.17) is 9.47 Å². The summed E-state index contributed by atoms with van der Waals surface area (Å²) in [5, 5.41) is 6.92. The van der Waals surface area contributed by atoms with Crippen LogP contribution in [0.3, 0.4) is 0 Å². The van der Waals surface area contributed by atoms with Crippen LogP contribution in [0, 0.1) is 0 Å². The van der Waals surface area contributed by atoms with Crippen molar-refractivity contribution in [1.82, 2.24) is 15.5 Å². The lowest BCUT2D eigenvalue weighted by atomic mass is 10.0. The summed E-state index contributed by atoms with van der Waals surface area (Å²) >= 11 is 0. The zero-order valence-electron chi connectivity index (χ0n) is 15.4. The first-order valence-electron chi connectivity index (χ1n) is 9.03. The zero-order chi connectivity index (χ0) is 16.9. The lowest BCUT2D eigenvalue weighted by Gasteiger charge is -2.35. The highest BCUT2D eigenvalue weighted by molar-refractivity contribution is 5.80. The maximum atomic E-state index is 5.46. The van der Waals surface area contributed by atoms with Crippen LogP contribution in [0.1, 0.15) is 40.0 Å². The number of hydrogen-bond donors (Lipinski definition) is 2. The fraction of sp³-hybridized carbons (Fsp3) is 0.941. The van der Waals surface area contributed by atoms with Crippen LogP contribution in [0.4, 0.5) is 0 Å². The molecule has 0 aromatic carbocycles. The molecule has 0 unspecified atom stereocenters. The van der Waals surface area contributed by atoms with E-state index >= 15 is 0 Å². The first kappa shape index (κ1) is 20.2. The molecule has 1 saturated heterocycles. The highest BCUT2D eigenvalue weighted by atomic mass is 16.5. The second-order valence-corrected chi connectivity index (χ2v) is 6.27. The molecule has 0 radical (unpaired) electrons. The van der Waals surface area contributed by atoms with E-state index in [-0.39, 0.29) is 0 Å². The second kappa shape index (κ2) is 12.6. The number of likely N-dealkylation sites (tertiary alicyclic amines) is 1. The van der Waals surface area contributed by atoms with Gasteiger partial charge >= 0.3 is 0 Å². The third-order valence-electron chi connectivity index (χ3n) is 4.09. The Balaban J connectivity index is 2.24. The predicted molar refractivity (Wildman–Crippen MR) is 96.2 cm³/mol. The molecule has 0 saturated carbocycles. The van der Waals surface area contributed by atoms with Crippen LogP contribution in [-0.4, -0.2) is 76.1 Å². The van der Waals surface area contributed by atoms with Gasteiger partial charge in [-0.25, -0.2) is 0 Å². The number of rotatable bonds is 10. The zero-order valence-corrected chi connectivity index (χ0v) is 15.4. The van der Waals surface area contributed by atoms with Crippen molar-refractivity contribution < 1.29 is 9.47 Å². The molecule has 0 aromatic heterocycles. The van der Waals surface area contributed by atoms with Crippen LogP contribution in [0.15, 0.2) is 4.99 Å². The highest BCUT2D eigenvalue weighted by Crippen LogP contribution is 2.12. The van der Waals surface area contributed by atoms with Gasteiger partial charge in [0.1, 0.15) is 0 Å². The fourth-order valence-electron chi connectivity index (χ4n) is 2.68. The molecule has 1 aliphatic heterocycles. The third kappa shape index (κ3) is 9.13. The van der Waals surface area contributed by atoms with Crippen molar-refractivity contribution in [2.75, 3.05) is 53.1 Å². The quantitative estimate of drug-likeness (QED) is 0.361. The lowest BCUT2D eigenvalue weighted by molar-refractivity contribution is 0.0702. The van der Waals surface area contributed by atoms with Gasteiger partial charge in [0.2, 0.25) is 0 Å². The van der Waals surface area contributed by atoms with E-state index in [9.17, 15) is 0 Å². The van der Waals surface area contributed by atoms with Gasteiger partial charge in [0.25, 0.3) is 0 Å². The molecule has 6 nitrogen and oxygen atoms in total. The standard InChI is InChI=1S/C17H36N4O2/c1-5-18-17(19-9-6-12-23-14-13-22-4)20-16-7-10-21(11-8-16)15(2)3/h15-16H,5-14H2,1-4H3,(H2,18,19,20). The Labute approximate surface area is 142 Å². The van der Waals surface area contributed by atoms with Gasteiger partial charge in [0, 0.05) is 52.0 Å². The number of methoxy groups -OCH3 is 1. The van der Waals surface area contributed by atoms with Crippen LogP contribution in [0.5, 0.6) is 0 Å². The summed E-state index contributed by atoms with van der Waals surface area (Å²) in [6.45, 7) is 12.7. The van der Waals surface area contributed by atoms with Crippen LogP contribution in [-0.2, 0) is 9.47 Å². The molecule has 6 heteroatoms. The van der Waals surface area contributed by atoms with Crippen molar-refractivity contribution in [3.05, 3.63) is 0 Å². The van der Waals surface area contributed by atoms with Gasteiger partial charge in [-0.2, -0.15) is 0 Å². The molecule has 0 bridgehead atoms. The van der Waals surface area contributed by atoms with Gasteiger partial charge in [-0.15, -0.1) is 0 Å². The molecule has 0 aliphatic carbocycles. The summed E-state index contributed by atoms with van der Waals surface area (Å²) in [6, 6.07) is 1.18.